The van der Waals surface area contributed by atoms with Crippen molar-refractivity contribution in [3.05, 3.63) is 30.4 Å². The average Bonchev–Trinajstić information content (AvgIpc) is 3.07. The predicted molar refractivity (Wildman–Crippen MR) is 87.9 cm³/mol. The second kappa shape index (κ2) is 6.71. The van der Waals surface area contributed by atoms with E-state index in [-0.39, 0.29) is 5.92 Å². The van der Waals surface area contributed by atoms with Gasteiger partial charge in [0.25, 0.3) is 0 Å². The van der Waals surface area contributed by atoms with Crippen molar-refractivity contribution < 1.29 is 9.32 Å². The Morgan fingerprint density at radius 1 is 1.25 bits per heavy atom. The van der Waals surface area contributed by atoms with Crippen molar-refractivity contribution in [2.24, 2.45) is 11.8 Å². The lowest BCUT2D eigenvalue weighted by atomic mass is 9.86. The van der Waals surface area contributed by atoms with E-state index >= 15 is 0 Å². The molecule has 1 aliphatic carbocycles. The molecule has 2 aromatic heterocycles. The largest absolute Gasteiger partial charge is 0.342 e. The van der Waals surface area contributed by atoms with Crippen LogP contribution < -0.4 is 0 Å². The first-order valence-electron chi connectivity index (χ1n) is 8.81. The molecular formula is C18H22N4O2. The number of hydrogen-bond donors (Lipinski definition) is 0. The molecule has 0 spiro atoms. The van der Waals surface area contributed by atoms with E-state index in [1.54, 1.807) is 12.4 Å². The molecule has 0 radical (unpaired) electrons. The van der Waals surface area contributed by atoms with Crippen LogP contribution in [0.1, 0.15) is 38.0 Å². The maximum absolute atomic E-state index is 12.4. The lowest BCUT2D eigenvalue weighted by Gasteiger charge is -2.41. The van der Waals surface area contributed by atoms with Crippen molar-refractivity contribution in [2.45, 2.75) is 38.5 Å². The van der Waals surface area contributed by atoms with Crippen LogP contribution >= 0.6 is 0 Å². The van der Waals surface area contributed by atoms with Crippen molar-refractivity contribution in [3.8, 4) is 11.4 Å². The molecule has 0 N–H and O–H groups in total. The van der Waals surface area contributed by atoms with Gasteiger partial charge in [-0.2, -0.15) is 4.98 Å². The lowest BCUT2D eigenvalue weighted by molar-refractivity contribution is -0.143. The molecule has 6 heteroatoms. The SMILES string of the molecule is O=C(C1CCCCC1)N1CC(Cc2nc(-c3cccnc3)no2)C1. The van der Waals surface area contributed by atoms with Crippen molar-refractivity contribution >= 4 is 5.91 Å². The Balaban J connectivity index is 1.29. The standard InChI is InChI=1S/C18H22N4O2/c23-18(14-5-2-1-3-6-14)22-11-13(12-22)9-16-20-17(21-24-16)15-7-4-8-19-10-15/h4,7-8,10,13-14H,1-3,5-6,9,11-12H2. The van der Waals surface area contributed by atoms with Crippen LogP contribution in [0, 0.1) is 11.8 Å². The monoisotopic (exact) mass is 326 g/mol. The molecule has 4 rings (SSSR count). The number of carbonyl (C=O) groups excluding carboxylic acids is 1. The summed E-state index contributed by atoms with van der Waals surface area (Å²) in [4.78, 5) is 22.9. The normalized spacial score (nSPS) is 19.2. The second-order valence-corrected chi connectivity index (χ2v) is 6.90. The van der Waals surface area contributed by atoms with Gasteiger partial charge in [0.1, 0.15) is 0 Å². The summed E-state index contributed by atoms with van der Waals surface area (Å²) < 4.78 is 5.35. The molecule has 2 aromatic rings. The topological polar surface area (TPSA) is 72.1 Å². The van der Waals surface area contributed by atoms with Gasteiger partial charge in [0.05, 0.1) is 0 Å². The Hall–Kier alpha value is -2.24. The molecule has 0 unspecified atom stereocenters. The summed E-state index contributed by atoms with van der Waals surface area (Å²) in [5, 5.41) is 4.02. The molecule has 2 aliphatic rings. The molecule has 1 saturated carbocycles. The van der Waals surface area contributed by atoms with E-state index in [4.69, 9.17) is 4.52 Å². The van der Waals surface area contributed by atoms with Gasteiger partial charge in [-0.1, -0.05) is 24.4 Å². The third kappa shape index (κ3) is 3.18. The highest BCUT2D eigenvalue weighted by Gasteiger charge is 2.35. The molecule has 24 heavy (non-hydrogen) atoms. The number of carbonyl (C=O) groups is 1. The quantitative estimate of drug-likeness (QED) is 0.864. The van der Waals surface area contributed by atoms with Crippen molar-refractivity contribution in [2.75, 3.05) is 13.1 Å². The average molecular weight is 326 g/mol. The molecule has 1 saturated heterocycles. The number of likely N-dealkylation sites (tertiary alicyclic amines) is 1. The highest BCUT2D eigenvalue weighted by Crippen LogP contribution is 2.29. The molecule has 6 nitrogen and oxygen atoms in total. The number of amides is 1. The van der Waals surface area contributed by atoms with E-state index in [2.05, 4.69) is 15.1 Å². The zero-order chi connectivity index (χ0) is 16.4. The first-order valence-corrected chi connectivity index (χ1v) is 8.81. The maximum atomic E-state index is 12.4. The highest BCUT2D eigenvalue weighted by atomic mass is 16.5. The van der Waals surface area contributed by atoms with E-state index in [1.807, 2.05) is 17.0 Å². The van der Waals surface area contributed by atoms with Crippen molar-refractivity contribution in [1.29, 1.82) is 0 Å². The van der Waals surface area contributed by atoms with E-state index in [0.717, 1.165) is 37.9 Å². The van der Waals surface area contributed by atoms with Gasteiger partial charge in [-0.3, -0.25) is 9.78 Å². The third-order valence-corrected chi connectivity index (χ3v) is 5.07. The Bertz CT molecular complexity index is 688. The van der Waals surface area contributed by atoms with Gasteiger partial charge in [0, 0.05) is 49.3 Å². The Morgan fingerprint density at radius 2 is 2.08 bits per heavy atom. The molecule has 1 amide bonds. The number of pyridine rings is 1. The van der Waals surface area contributed by atoms with Gasteiger partial charge in [-0.15, -0.1) is 0 Å². The smallest absolute Gasteiger partial charge is 0.227 e. The van der Waals surface area contributed by atoms with Crippen LogP contribution in [-0.2, 0) is 11.2 Å². The van der Waals surface area contributed by atoms with Crippen LogP contribution in [0.25, 0.3) is 11.4 Å². The number of nitrogens with zero attached hydrogens (tertiary/aromatic N) is 4. The van der Waals surface area contributed by atoms with Gasteiger partial charge in [-0.05, 0) is 25.0 Å². The third-order valence-electron chi connectivity index (χ3n) is 5.07. The van der Waals surface area contributed by atoms with Crippen LogP contribution in [0.3, 0.4) is 0 Å². The fraction of sp³-hybridized carbons (Fsp3) is 0.556. The van der Waals surface area contributed by atoms with Crippen molar-refractivity contribution in [1.82, 2.24) is 20.0 Å². The van der Waals surface area contributed by atoms with E-state index in [1.165, 1.54) is 19.3 Å². The summed E-state index contributed by atoms with van der Waals surface area (Å²) >= 11 is 0. The van der Waals surface area contributed by atoms with E-state index in [0.29, 0.717) is 23.5 Å². The Labute approximate surface area is 141 Å². The molecule has 126 valence electrons. The zero-order valence-corrected chi connectivity index (χ0v) is 13.7. The highest BCUT2D eigenvalue weighted by molar-refractivity contribution is 5.79. The van der Waals surface area contributed by atoms with Gasteiger partial charge in [-0.25, -0.2) is 0 Å². The van der Waals surface area contributed by atoms with Crippen LogP contribution in [0.15, 0.2) is 29.0 Å². The Morgan fingerprint density at radius 3 is 2.83 bits per heavy atom. The summed E-state index contributed by atoms with van der Waals surface area (Å²) in [5.41, 5.74) is 0.857. The van der Waals surface area contributed by atoms with E-state index in [9.17, 15) is 4.79 Å². The first kappa shape index (κ1) is 15.3. The molecule has 0 bridgehead atoms. The molecule has 0 aromatic carbocycles. The van der Waals surface area contributed by atoms with Crippen LogP contribution in [0.2, 0.25) is 0 Å². The maximum Gasteiger partial charge on any atom is 0.227 e. The van der Waals surface area contributed by atoms with Gasteiger partial charge >= 0.3 is 0 Å². The van der Waals surface area contributed by atoms with E-state index < -0.39 is 0 Å². The molecule has 3 heterocycles. The molecule has 0 atom stereocenters. The summed E-state index contributed by atoms with van der Waals surface area (Å²) in [7, 11) is 0. The minimum Gasteiger partial charge on any atom is -0.342 e. The van der Waals surface area contributed by atoms with Crippen LogP contribution in [-0.4, -0.2) is 39.0 Å². The zero-order valence-electron chi connectivity index (χ0n) is 13.7. The first-order chi connectivity index (χ1) is 11.8. The second-order valence-electron chi connectivity index (χ2n) is 6.90. The Kier molecular flexibility index (Phi) is 4.28. The fourth-order valence-electron chi connectivity index (χ4n) is 3.68. The number of rotatable bonds is 4. The molecule has 1 aliphatic heterocycles. The number of aromatic nitrogens is 3. The van der Waals surface area contributed by atoms with Gasteiger partial charge < -0.3 is 9.42 Å². The summed E-state index contributed by atoms with van der Waals surface area (Å²) in [5.74, 6) is 2.27. The fourth-order valence-corrected chi connectivity index (χ4v) is 3.68. The number of hydrogen-bond acceptors (Lipinski definition) is 5. The summed E-state index contributed by atoms with van der Waals surface area (Å²) in [6.45, 7) is 1.64. The molecule has 2 fully saturated rings. The minimum atomic E-state index is 0.264. The molecular weight excluding hydrogens is 304 g/mol. The minimum absolute atomic E-state index is 0.264. The van der Waals surface area contributed by atoms with Crippen molar-refractivity contribution in [3.63, 3.8) is 0 Å². The van der Waals surface area contributed by atoms with Crippen LogP contribution in [0.5, 0.6) is 0 Å². The summed E-state index contributed by atoms with van der Waals surface area (Å²) in [6.07, 6.45) is 10.00. The predicted octanol–water partition coefficient (Wildman–Crippen LogP) is 2.71. The van der Waals surface area contributed by atoms with Crippen LogP contribution in [0.4, 0.5) is 0 Å². The van der Waals surface area contributed by atoms with Gasteiger partial charge in [0.15, 0.2) is 0 Å². The van der Waals surface area contributed by atoms with Gasteiger partial charge in [0.2, 0.25) is 17.6 Å². The lowest BCUT2D eigenvalue weighted by Crippen LogP contribution is -2.52. The summed E-state index contributed by atoms with van der Waals surface area (Å²) in [6, 6.07) is 3.77.